The lowest BCUT2D eigenvalue weighted by molar-refractivity contribution is 0.00465. The van der Waals surface area contributed by atoms with Crippen molar-refractivity contribution in [3.05, 3.63) is 0 Å². The monoisotopic (exact) mass is 247 g/mol. The van der Waals surface area contributed by atoms with Crippen molar-refractivity contribution in [2.45, 2.75) is 19.6 Å². The van der Waals surface area contributed by atoms with E-state index in [2.05, 4.69) is 24.5 Å². The summed E-state index contributed by atoms with van der Waals surface area (Å²) < 4.78 is 18.1. The van der Waals surface area contributed by atoms with Crippen LogP contribution < -0.4 is 0 Å². The Morgan fingerprint density at radius 3 is 1.60 bits per heavy atom. The van der Waals surface area contributed by atoms with Crippen molar-refractivity contribution in [3.8, 4) is 0 Å². The van der Waals surface area contributed by atoms with Gasteiger partial charge in [0.1, 0.15) is 7.59 Å². The summed E-state index contributed by atoms with van der Waals surface area (Å²) in [5.74, 6) is 0. The van der Waals surface area contributed by atoms with Crippen LogP contribution in [0.5, 0.6) is 0 Å². The lowest BCUT2D eigenvalue weighted by atomic mass is 10.4. The fourth-order valence-electron chi connectivity index (χ4n) is 2.04. The van der Waals surface area contributed by atoms with Gasteiger partial charge >= 0.3 is 8.32 Å². The van der Waals surface area contributed by atoms with Crippen LogP contribution in [-0.2, 0) is 13.3 Å². The number of rotatable bonds is 1. The molecule has 3 rings (SSSR count). The molecule has 88 valence electrons. The Kier molecular flexibility index (Phi) is 3.34. The molecule has 0 spiro atoms. The third-order valence-corrected chi connectivity index (χ3v) is 13.4. The van der Waals surface area contributed by atoms with E-state index in [0.29, 0.717) is 0 Å². The van der Waals surface area contributed by atoms with Crippen molar-refractivity contribution in [2.24, 2.45) is 0 Å². The molecule has 3 fully saturated rings. The molecule has 0 aliphatic carbocycles. The first-order chi connectivity index (χ1) is 7.04. The topological polar surface area (TPSA) is 30.9 Å². The molecular formula is C9H21NO3Si2. The fourth-order valence-corrected chi connectivity index (χ4v) is 9.48. The van der Waals surface area contributed by atoms with Gasteiger partial charge < -0.3 is 13.3 Å². The standard InChI is InChI=1S/C9H21NO3Si2/c1-14(2,3)15-11-7-4-10(5-8-12-15)6-9-13-15/h4-9H2,1-3H3. The Balaban J connectivity index is 2.19. The third kappa shape index (κ3) is 2.35. The summed E-state index contributed by atoms with van der Waals surface area (Å²) in [6.07, 6.45) is 0. The molecular weight excluding hydrogens is 226 g/mol. The molecule has 3 saturated heterocycles. The van der Waals surface area contributed by atoms with Crippen LogP contribution in [0, 0.1) is 0 Å². The molecule has 0 radical (unpaired) electrons. The summed E-state index contributed by atoms with van der Waals surface area (Å²) in [6.45, 7) is 12.3. The molecule has 3 heterocycles. The Labute approximate surface area is 93.7 Å². The molecule has 6 heteroatoms. The molecule has 0 aromatic heterocycles. The Hall–Kier alpha value is 0.274. The molecule has 0 unspecified atom stereocenters. The smallest absolute Gasteiger partial charge is 0.375 e. The molecule has 0 aromatic rings. The van der Waals surface area contributed by atoms with E-state index >= 15 is 0 Å². The summed E-state index contributed by atoms with van der Waals surface area (Å²) in [5.41, 5.74) is 0. The second-order valence-electron chi connectivity index (χ2n) is 5.19. The molecule has 15 heavy (non-hydrogen) atoms. The lowest BCUT2D eigenvalue weighted by Gasteiger charge is -2.43. The van der Waals surface area contributed by atoms with E-state index in [9.17, 15) is 0 Å². The Bertz CT molecular complexity index is 205. The van der Waals surface area contributed by atoms with Crippen molar-refractivity contribution in [2.75, 3.05) is 39.5 Å². The van der Waals surface area contributed by atoms with E-state index in [0.717, 1.165) is 39.5 Å². The quantitative estimate of drug-likeness (QED) is 0.639. The van der Waals surface area contributed by atoms with Gasteiger partial charge in [-0.1, -0.05) is 19.6 Å². The normalized spacial score (nSPS) is 38.2. The van der Waals surface area contributed by atoms with Gasteiger partial charge in [0.25, 0.3) is 0 Å². The van der Waals surface area contributed by atoms with Crippen LogP contribution in [0.1, 0.15) is 0 Å². The highest BCUT2D eigenvalue weighted by Gasteiger charge is 2.55. The highest BCUT2D eigenvalue weighted by molar-refractivity contribution is 7.33. The third-order valence-electron chi connectivity index (χ3n) is 3.02. The van der Waals surface area contributed by atoms with Crippen molar-refractivity contribution < 1.29 is 13.3 Å². The first kappa shape index (κ1) is 11.8. The lowest BCUT2D eigenvalue weighted by Crippen LogP contribution is -2.68. The largest absolute Gasteiger partial charge is 0.469 e. The molecule has 3 aliphatic heterocycles. The maximum Gasteiger partial charge on any atom is 0.469 e. The highest BCUT2D eigenvalue weighted by atomic mass is 29.3. The molecule has 0 atom stereocenters. The molecule has 3 aliphatic rings. The average Bonchev–Trinajstić information content (AvgIpc) is 1.96. The van der Waals surface area contributed by atoms with Crippen LogP contribution >= 0.6 is 0 Å². The van der Waals surface area contributed by atoms with Gasteiger partial charge in [-0.25, -0.2) is 0 Å². The average molecular weight is 247 g/mol. The zero-order chi connectivity index (χ0) is 10.9. The molecule has 2 bridgehead atoms. The summed E-state index contributed by atoms with van der Waals surface area (Å²) >= 11 is 0. The second-order valence-corrected chi connectivity index (χ2v) is 18.0. The maximum atomic E-state index is 6.02. The second kappa shape index (κ2) is 4.27. The van der Waals surface area contributed by atoms with Gasteiger partial charge in [0.2, 0.25) is 0 Å². The number of fused-ring (bicyclic) bond motifs is 6. The molecule has 0 amide bonds. The van der Waals surface area contributed by atoms with Gasteiger partial charge in [-0.05, 0) is 0 Å². The van der Waals surface area contributed by atoms with E-state index in [-0.39, 0.29) is 0 Å². The van der Waals surface area contributed by atoms with E-state index < -0.39 is 15.9 Å². The highest BCUT2D eigenvalue weighted by Crippen LogP contribution is 2.25. The number of nitrogens with zero attached hydrogens (tertiary/aromatic N) is 1. The maximum absolute atomic E-state index is 6.02. The van der Waals surface area contributed by atoms with Gasteiger partial charge in [0.05, 0.1) is 19.8 Å². The van der Waals surface area contributed by atoms with Crippen LogP contribution in [0.25, 0.3) is 0 Å². The van der Waals surface area contributed by atoms with Crippen LogP contribution in [0.3, 0.4) is 0 Å². The van der Waals surface area contributed by atoms with E-state index in [1.807, 2.05) is 0 Å². The predicted molar refractivity (Wildman–Crippen MR) is 63.4 cm³/mol. The molecule has 0 N–H and O–H groups in total. The molecule has 0 aromatic carbocycles. The van der Waals surface area contributed by atoms with Crippen molar-refractivity contribution in [3.63, 3.8) is 0 Å². The first-order valence-electron chi connectivity index (χ1n) is 5.68. The molecule has 4 nitrogen and oxygen atoms in total. The van der Waals surface area contributed by atoms with Crippen LogP contribution in [-0.4, -0.2) is 60.3 Å². The van der Waals surface area contributed by atoms with Gasteiger partial charge in [-0.3, -0.25) is 4.90 Å². The minimum absolute atomic E-state index is 0.774. The first-order valence-corrected chi connectivity index (χ1v) is 11.9. The Morgan fingerprint density at radius 1 is 0.867 bits per heavy atom. The van der Waals surface area contributed by atoms with Crippen LogP contribution in [0.4, 0.5) is 0 Å². The van der Waals surface area contributed by atoms with E-state index in [1.165, 1.54) is 0 Å². The van der Waals surface area contributed by atoms with Gasteiger partial charge in [0.15, 0.2) is 0 Å². The summed E-state index contributed by atoms with van der Waals surface area (Å²) in [4.78, 5) is 2.35. The minimum Gasteiger partial charge on any atom is -0.375 e. The van der Waals surface area contributed by atoms with Crippen LogP contribution in [0.15, 0.2) is 0 Å². The van der Waals surface area contributed by atoms with Gasteiger partial charge in [-0.15, -0.1) is 0 Å². The van der Waals surface area contributed by atoms with Crippen molar-refractivity contribution >= 4 is 15.9 Å². The van der Waals surface area contributed by atoms with Crippen LogP contribution in [0.2, 0.25) is 19.6 Å². The minimum atomic E-state index is -2.32. The Morgan fingerprint density at radius 2 is 1.27 bits per heavy atom. The number of hydrogen-bond acceptors (Lipinski definition) is 4. The summed E-state index contributed by atoms with van der Waals surface area (Å²) in [5, 5.41) is 0. The van der Waals surface area contributed by atoms with Crippen molar-refractivity contribution in [1.29, 1.82) is 0 Å². The van der Waals surface area contributed by atoms with Gasteiger partial charge in [0, 0.05) is 19.6 Å². The van der Waals surface area contributed by atoms with E-state index in [1.54, 1.807) is 0 Å². The van der Waals surface area contributed by atoms with E-state index in [4.69, 9.17) is 13.3 Å². The number of hydrogen-bond donors (Lipinski definition) is 0. The van der Waals surface area contributed by atoms with Crippen molar-refractivity contribution in [1.82, 2.24) is 4.90 Å². The zero-order valence-electron chi connectivity index (χ0n) is 9.91. The fraction of sp³-hybridized carbons (Fsp3) is 1.00. The summed E-state index contributed by atoms with van der Waals surface area (Å²) in [6, 6.07) is 0. The molecule has 0 saturated carbocycles. The SMILES string of the molecule is C[Si](C)(C)[Si]12OCCN(CCO1)CCO2. The van der Waals surface area contributed by atoms with Gasteiger partial charge in [-0.2, -0.15) is 0 Å². The summed E-state index contributed by atoms with van der Waals surface area (Å²) in [7, 11) is -3.82. The zero-order valence-corrected chi connectivity index (χ0v) is 11.9. The predicted octanol–water partition coefficient (Wildman–Crippen LogP) is 0.721.